The number of rotatable bonds is 4. The van der Waals surface area contributed by atoms with E-state index in [4.69, 9.17) is 10.5 Å². The number of anilines is 1. The molecule has 0 spiro atoms. The van der Waals surface area contributed by atoms with Crippen LogP contribution in [0.3, 0.4) is 0 Å². The van der Waals surface area contributed by atoms with Crippen molar-refractivity contribution in [2.24, 2.45) is 0 Å². The second-order valence-corrected chi connectivity index (χ2v) is 5.37. The van der Waals surface area contributed by atoms with Crippen LogP contribution in [0.15, 0.2) is 53.4 Å². The van der Waals surface area contributed by atoms with Crippen molar-refractivity contribution in [1.29, 1.82) is 0 Å². The molecule has 0 aliphatic carbocycles. The van der Waals surface area contributed by atoms with Crippen molar-refractivity contribution in [3.8, 4) is 5.75 Å². The molecule has 0 radical (unpaired) electrons. The number of methoxy groups -OCH3 is 1. The van der Waals surface area contributed by atoms with E-state index in [0.29, 0.717) is 17.2 Å². The first-order chi connectivity index (χ1) is 8.69. The standard InChI is InChI=1S/C14H15NO2S/c1-17-13-6-3-7-14(9-13)18(16)10-11-4-2-5-12(15)8-11/h2-9H,10,15H2,1H3. The van der Waals surface area contributed by atoms with Gasteiger partial charge in [-0.3, -0.25) is 4.21 Å². The second kappa shape index (κ2) is 5.69. The molecule has 18 heavy (non-hydrogen) atoms. The topological polar surface area (TPSA) is 52.3 Å². The van der Waals surface area contributed by atoms with Crippen LogP contribution in [0.5, 0.6) is 5.75 Å². The summed E-state index contributed by atoms with van der Waals surface area (Å²) in [4.78, 5) is 0.761. The van der Waals surface area contributed by atoms with Gasteiger partial charge >= 0.3 is 0 Å². The molecule has 0 aromatic heterocycles. The molecular weight excluding hydrogens is 246 g/mol. The summed E-state index contributed by atoms with van der Waals surface area (Å²) in [6.07, 6.45) is 0. The monoisotopic (exact) mass is 261 g/mol. The average Bonchev–Trinajstić information content (AvgIpc) is 2.39. The summed E-state index contributed by atoms with van der Waals surface area (Å²) in [7, 11) is 0.507. The van der Waals surface area contributed by atoms with Crippen molar-refractivity contribution >= 4 is 16.5 Å². The fourth-order valence-corrected chi connectivity index (χ4v) is 2.79. The number of benzene rings is 2. The molecular formula is C14H15NO2S. The normalized spacial score (nSPS) is 12.1. The van der Waals surface area contributed by atoms with Crippen LogP contribution in [0.1, 0.15) is 5.56 Å². The molecule has 0 saturated heterocycles. The third-order valence-corrected chi connectivity index (χ3v) is 3.93. The fraction of sp³-hybridized carbons (Fsp3) is 0.143. The van der Waals surface area contributed by atoms with Crippen LogP contribution in [0.25, 0.3) is 0 Å². The molecule has 94 valence electrons. The Morgan fingerprint density at radius 2 is 1.94 bits per heavy atom. The number of hydrogen-bond acceptors (Lipinski definition) is 3. The SMILES string of the molecule is COc1cccc(S(=O)Cc2cccc(N)c2)c1. The van der Waals surface area contributed by atoms with Crippen molar-refractivity contribution in [1.82, 2.24) is 0 Å². The quantitative estimate of drug-likeness (QED) is 0.861. The highest BCUT2D eigenvalue weighted by atomic mass is 32.2. The molecule has 4 heteroatoms. The van der Waals surface area contributed by atoms with Crippen molar-refractivity contribution < 1.29 is 8.95 Å². The predicted molar refractivity (Wildman–Crippen MR) is 74.0 cm³/mol. The summed E-state index contributed by atoms with van der Waals surface area (Å²) >= 11 is 0. The van der Waals surface area contributed by atoms with Crippen LogP contribution in [-0.4, -0.2) is 11.3 Å². The smallest absolute Gasteiger partial charge is 0.120 e. The highest BCUT2D eigenvalue weighted by Gasteiger charge is 2.06. The molecule has 0 aliphatic rings. The van der Waals surface area contributed by atoms with Crippen LogP contribution in [-0.2, 0) is 16.6 Å². The van der Waals surface area contributed by atoms with Gasteiger partial charge in [-0.2, -0.15) is 0 Å². The molecule has 0 aliphatic heterocycles. The summed E-state index contributed by atoms with van der Waals surface area (Å²) in [6.45, 7) is 0. The molecule has 0 bridgehead atoms. The fourth-order valence-electron chi connectivity index (χ4n) is 1.66. The van der Waals surface area contributed by atoms with E-state index in [1.165, 1.54) is 0 Å². The van der Waals surface area contributed by atoms with Gasteiger partial charge in [-0.05, 0) is 35.9 Å². The van der Waals surface area contributed by atoms with Crippen molar-refractivity contribution in [3.63, 3.8) is 0 Å². The zero-order valence-electron chi connectivity index (χ0n) is 10.1. The number of nitrogens with two attached hydrogens (primary N) is 1. The average molecular weight is 261 g/mol. The van der Waals surface area contributed by atoms with Gasteiger partial charge in [-0.25, -0.2) is 0 Å². The Morgan fingerprint density at radius 3 is 2.67 bits per heavy atom. The maximum Gasteiger partial charge on any atom is 0.120 e. The molecule has 2 N–H and O–H groups in total. The van der Waals surface area contributed by atoms with Crippen LogP contribution < -0.4 is 10.5 Å². The van der Waals surface area contributed by atoms with Gasteiger partial charge in [0.15, 0.2) is 0 Å². The van der Waals surface area contributed by atoms with Crippen LogP contribution in [0, 0.1) is 0 Å². The van der Waals surface area contributed by atoms with E-state index in [-0.39, 0.29) is 0 Å². The molecule has 0 heterocycles. The number of hydrogen-bond donors (Lipinski definition) is 1. The van der Waals surface area contributed by atoms with Gasteiger partial charge in [0.2, 0.25) is 0 Å². The van der Waals surface area contributed by atoms with Crippen LogP contribution in [0.4, 0.5) is 5.69 Å². The maximum atomic E-state index is 12.2. The van der Waals surface area contributed by atoms with E-state index in [2.05, 4.69) is 0 Å². The first kappa shape index (κ1) is 12.6. The third kappa shape index (κ3) is 3.11. The minimum absolute atomic E-state index is 0.457. The zero-order chi connectivity index (χ0) is 13.0. The first-order valence-corrected chi connectivity index (χ1v) is 6.88. The highest BCUT2D eigenvalue weighted by Crippen LogP contribution is 2.18. The van der Waals surface area contributed by atoms with Gasteiger partial charge in [0.25, 0.3) is 0 Å². The van der Waals surface area contributed by atoms with Gasteiger partial charge < -0.3 is 10.5 Å². The summed E-state index contributed by atoms with van der Waals surface area (Å²) in [5.74, 6) is 1.17. The Kier molecular flexibility index (Phi) is 3.99. The molecule has 3 nitrogen and oxygen atoms in total. The molecule has 2 aromatic rings. The second-order valence-electron chi connectivity index (χ2n) is 3.91. The lowest BCUT2D eigenvalue weighted by molar-refractivity contribution is 0.413. The summed E-state index contributed by atoms with van der Waals surface area (Å²) < 4.78 is 17.3. The van der Waals surface area contributed by atoms with E-state index >= 15 is 0 Å². The summed E-state index contributed by atoms with van der Waals surface area (Å²) in [6, 6.07) is 14.8. The van der Waals surface area contributed by atoms with E-state index < -0.39 is 10.8 Å². The zero-order valence-corrected chi connectivity index (χ0v) is 10.9. The Bertz CT molecular complexity index is 569. The lowest BCUT2D eigenvalue weighted by atomic mass is 10.2. The first-order valence-electron chi connectivity index (χ1n) is 5.56. The van der Waals surface area contributed by atoms with E-state index in [0.717, 1.165) is 10.5 Å². The Hall–Kier alpha value is -1.81. The lowest BCUT2D eigenvalue weighted by Gasteiger charge is -2.05. The maximum absolute atomic E-state index is 12.2. The van der Waals surface area contributed by atoms with Gasteiger partial charge in [0, 0.05) is 10.6 Å². The van der Waals surface area contributed by atoms with Crippen molar-refractivity contribution in [2.45, 2.75) is 10.6 Å². The lowest BCUT2D eigenvalue weighted by Crippen LogP contribution is -1.98. The molecule has 1 atom stereocenters. The number of ether oxygens (including phenoxy) is 1. The van der Waals surface area contributed by atoms with Gasteiger partial charge in [0.1, 0.15) is 5.75 Å². The van der Waals surface area contributed by atoms with Gasteiger partial charge in [0.05, 0.1) is 23.7 Å². The van der Waals surface area contributed by atoms with Gasteiger partial charge in [-0.15, -0.1) is 0 Å². The molecule has 0 fully saturated rings. The van der Waals surface area contributed by atoms with E-state index in [1.807, 2.05) is 42.5 Å². The Morgan fingerprint density at radius 1 is 1.17 bits per heavy atom. The van der Waals surface area contributed by atoms with Crippen molar-refractivity contribution in [2.75, 3.05) is 12.8 Å². The third-order valence-electron chi connectivity index (χ3n) is 2.55. The molecule has 2 aromatic carbocycles. The largest absolute Gasteiger partial charge is 0.497 e. The van der Waals surface area contributed by atoms with Crippen LogP contribution >= 0.6 is 0 Å². The molecule has 0 amide bonds. The highest BCUT2D eigenvalue weighted by molar-refractivity contribution is 7.84. The molecule has 0 saturated carbocycles. The molecule has 2 rings (SSSR count). The Balaban J connectivity index is 2.16. The summed E-state index contributed by atoms with van der Waals surface area (Å²) in [5.41, 5.74) is 7.36. The van der Waals surface area contributed by atoms with E-state index in [1.54, 1.807) is 13.2 Å². The Labute approximate surface area is 109 Å². The van der Waals surface area contributed by atoms with Crippen molar-refractivity contribution in [3.05, 3.63) is 54.1 Å². The minimum atomic E-state index is -1.09. The molecule has 1 unspecified atom stereocenters. The van der Waals surface area contributed by atoms with Gasteiger partial charge in [-0.1, -0.05) is 18.2 Å². The van der Waals surface area contributed by atoms with E-state index in [9.17, 15) is 4.21 Å². The van der Waals surface area contributed by atoms with Crippen LogP contribution in [0.2, 0.25) is 0 Å². The predicted octanol–water partition coefficient (Wildman–Crippen LogP) is 2.59. The minimum Gasteiger partial charge on any atom is -0.497 e. The number of nitrogen functional groups attached to an aromatic ring is 1. The summed E-state index contributed by atoms with van der Waals surface area (Å²) in [5, 5.41) is 0.